The van der Waals surface area contributed by atoms with Crippen LogP contribution in [0, 0.1) is 12.3 Å². The molecule has 0 unspecified atom stereocenters. The van der Waals surface area contributed by atoms with E-state index in [1.807, 2.05) is 20.8 Å². The summed E-state index contributed by atoms with van der Waals surface area (Å²) in [5, 5.41) is 2.54. The van der Waals surface area contributed by atoms with E-state index in [0.717, 1.165) is 0 Å². The Bertz CT molecular complexity index is 308. The number of ether oxygens (including phenoxy) is 1. The van der Waals surface area contributed by atoms with Crippen molar-refractivity contribution >= 4 is 23.3 Å². The molecule has 0 aromatic rings. The highest BCUT2D eigenvalue weighted by Crippen LogP contribution is 2.13. The van der Waals surface area contributed by atoms with Gasteiger partial charge in [0.25, 0.3) is 0 Å². The van der Waals surface area contributed by atoms with Crippen molar-refractivity contribution in [2.75, 3.05) is 0 Å². The quantitative estimate of drug-likeness (QED) is 0.567. The topological polar surface area (TPSA) is 64.3 Å². The van der Waals surface area contributed by atoms with Gasteiger partial charge in [0.2, 0.25) is 0 Å². The Morgan fingerprint density at radius 2 is 2.25 bits per heavy atom. The molecule has 0 fully saturated rings. The normalized spacial score (nSPS) is 12.4. The summed E-state index contributed by atoms with van der Waals surface area (Å²) in [6, 6.07) is -0.514. The Morgan fingerprint density at radius 3 is 2.62 bits per heavy atom. The molecule has 0 spiro atoms. The monoisotopic (exact) mass is 242 g/mol. The maximum absolute atomic E-state index is 11.5. The lowest BCUT2D eigenvalue weighted by Crippen LogP contribution is -2.45. The van der Waals surface area contributed by atoms with E-state index in [2.05, 4.69) is 11.2 Å². The molecule has 0 aromatic heterocycles. The summed E-state index contributed by atoms with van der Waals surface area (Å²) in [6.45, 7) is 5.58. The van der Waals surface area contributed by atoms with Crippen molar-refractivity contribution in [3.05, 3.63) is 0 Å². The van der Waals surface area contributed by atoms with Crippen LogP contribution in [0.15, 0.2) is 0 Å². The van der Waals surface area contributed by atoms with E-state index in [9.17, 15) is 4.79 Å². The van der Waals surface area contributed by atoms with Crippen LogP contribution in [-0.2, 0) is 4.74 Å². The van der Waals surface area contributed by atoms with Gasteiger partial charge in [-0.2, -0.15) is 0 Å². The van der Waals surface area contributed by atoms with E-state index in [1.165, 1.54) is 0 Å². The summed E-state index contributed by atoms with van der Waals surface area (Å²) < 4.78 is 5.18. The summed E-state index contributed by atoms with van der Waals surface area (Å²) >= 11 is 4.78. The van der Waals surface area contributed by atoms with Crippen LogP contribution in [0.4, 0.5) is 4.79 Å². The Balaban J connectivity index is 4.32. The maximum atomic E-state index is 11.5. The minimum absolute atomic E-state index is 0.157. The van der Waals surface area contributed by atoms with Crippen molar-refractivity contribution in [2.45, 2.75) is 45.3 Å². The highest BCUT2D eigenvalue weighted by atomic mass is 32.1. The molecule has 0 bridgehead atoms. The van der Waals surface area contributed by atoms with Crippen LogP contribution in [0.25, 0.3) is 0 Å². The number of terminal acetylenes is 1. The molecule has 0 aliphatic heterocycles. The largest absolute Gasteiger partial charge is 0.444 e. The molecule has 0 aliphatic rings. The number of nitrogens with two attached hydrogens (primary N) is 1. The number of hydrogen-bond acceptors (Lipinski definition) is 3. The number of nitrogens with one attached hydrogen (secondary N) is 1. The number of alkyl carbamates (subject to hydrolysis) is 1. The first kappa shape index (κ1) is 14.7. The maximum Gasteiger partial charge on any atom is 0.408 e. The second-order valence-corrected chi connectivity index (χ2v) is 4.48. The highest BCUT2D eigenvalue weighted by Gasteiger charge is 2.22. The smallest absolute Gasteiger partial charge is 0.408 e. The van der Waals surface area contributed by atoms with Gasteiger partial charge >= 0.3 is 6.09 Å². The third kappa shape index (κ3) is 5.56. The minimum atomic E-state index is -0.556. The number of hydrogen-bond donors (Lipinski definition) is 2. The number of rotatable bonds is 5. The van der Waals surface area contributed by atoms with Crippen LogP contribution in [0.1, 0.15) is 33.6 Å². The van der Waals surface area contributed by atoms with Crippen LogP contribution in [-0.4, -0.2) is 22.7 Å². The fourth-order valence-corrected chi connectivity index (χ4v) is 0.978. The van der Waals surface area contributed by atoms with Gasteiger partial charge < -0.3 is 15.8 Å². The van der Waals surface area contributed by atoms with Crippen molar-refractivity contribution in [3.8, 4) is 12.3 Å². The van der Waals surface area contributed by atoms with Gasteiger partial charge in [-0.25, -0.2) is 4.79 Å². The van der Waals surface area contributed by atoms with Gasteiger partial charge in [-0.3, -0.25) is 0 Å². The van der Waals surface area contributed by atoms with E-state index in [4.69, 9.17) is 29.1 Å². The van der Waals surface area contributed by atoms with Crippen molar-refractivity contribution in [1.82, 2.24) is 5.32 Å². The summed E-state index contributed by atoms with van der Waals surface area (Å²) in [4.78, 5) is 11.6. The third-order valence-corrected chi connectivity index (χ3v) is 2.46. The lowest BCUT2D eigenvalue weighted by atomic mass is 10.1. The average Bonchev–Trinajstić information content (AvgIpc) is 2.16. The number of carbonyl (C=O) groups excluding carboxylic acids is 1. The van der Waals surface area contributed by atoms with Crippen LogP contribution in [0.3, 0.4) is 0 Å². The zero-order chi connectivity index (χ0) is 12.8. The molecule has 16 heavy (non-hydrogen) atoms. The molecule has 1 atom stereocenters. The summed E-state index contributed by atoms with van der Waals surface area (Å²) in [6.07, 6.45) is 5.56. The zero-order valence-electron chi connectivity index (χ0n) is 9.87. The minimum Gasteiger partial charge on any atom is -0.444 e. The number of carbonyl (C=O) groups is 1. The first-order valence-electron chi connectivity index (χ1n) is 5.04. The molecule has 90 valence electrons. The summed E-state index contributed by atoms with van der Waals surface area (Å²) in [5.41, 5.74) is 4.92. The lowest BCUT2D eigenvalue weighted by Gasteiger charge is -2.25. The molecule has 5 heteroatoms. The van der Waals surface area contributed by atoms with E-state index in [0.29, 0.717) is 6.42 Å². The molecule has 0 saturated heterocycles. The molecular formula is C11H18N2O2S. The molecule has 0 saturated carbocycles. The Morgan fingerprint density at radius 1 is 1.69 bits per heavy atom. The summed E-state index contributed by atoms with van der Waals surface area (Å²) in [5.74, 6) is 2.39. The van der Waals surface area contributed by atoms with Gasteiger partial charge in [0, 0.05) is 6.42 Å². The Hall–Kier alpha value is -1.28. The zero-order valence-corrected chi connectivity index (χ0v) is 10.7. The molecule has 3 N–H and O–H groups in total. The fourth-order valence-electron chi connectivity index (χ4n) is 0.835. The molecule has 0 aromatic carbocycles. The van der Waals surface area contributed by atoms with Gasteiger partial charge in [0.15, 0.2) is 0 Å². The molecule has 0 heterocycles. The molecule has 4 nitrogen and oxygen atoms in total. The number of amides is 1. The molecule has 0 radical (unpaired) electrons. The van der Waals surface area contributed by atoms with Crippen LogP contribution >= 0.6 is 12.2 Å². The number of thiocarbonyl (C=S) groups is 1. The SMILES string of the molecule is C#CC[C@H](NC(=O)OC(C)(C)CC)C(N)=S. The Kier molecular flexibility index (Phi) is 5.83. The molecule has 0 aliphatic carbocycles. The van der Waals surface area contributed by atoms with E-state index >= 15 is 0 Å². The van der Waals surface area contributed by atoms with Crippen LogP contribution < -0.4 is 11.1 Å². The van der Waals surface area contributed by atoms with E-state index < -0.39 is 17.7 Å². The van der Waals surface area contributed by atoms with Crippen molar-refractivity contribution in [1.29, 1.82) is 0 Å². The molecule has 0 rings (SSSR count). The standard InChI is InChI=1S/C11H18N2O2S/c1-5-7-8(9(12)16)13-10(14)15-11(3,4)6-2/h1,8H,6-7H2,2-4H3,(H2,12,16)(H,13,14)/t8-/m0/s1. The second-order valence-electron chi connectivity index (χ2n) is 4.01. The first-order chi connectivity index (χ1) is 7.32. The molecule has 1 amide bonds. The fraction of sp³-hybridized carbons (Fsp3) is 0.636. The predicted octanol–water partition coefficient (Wildman–Crippen LogP) is 1.58. The van der Waals surface area contributed by atoms with Gasteiger partial charge in [-0.15, -0.1) is 12.3 Å². The van der Waals surface area contributed by atoms with Gasteiger partial charge in [-0.05, 0) is 20.3 Å². The summed E-state index contributed by atoms with van der Waals surface area (Å²) in [7, 11) is 0. The van der Waals surface area contributed by atoms with Gasteiger partial charge in [-0.1, -0.05) is 19.1 Å². The van der Waals surface area contributed by atoms with Crippen molar-refractivity contribution in [3.63, 3.8) is 0 Å². The van der Waals surface area contributed by atoms with Crippen LogP contribution in [0.5, 0.6) is 0 Å². The Labute approximate surface area is 102 Å². The first-order valence-corrected chi connectivity index (χ1v) is 5.45. The van der Waals surface area contributed by atoms with Crippen molar-refractivity contribution < 1.29 is 9.53 Å². The van der Waals surface area contributed by atoms with E-state index in [-0.39, 0.29) is 11.4 Å². The van der Waals surface area contributed by atoms with Gasteiger partial charge in [0.05, 0.1) is 11.0 Å². The van der Waals surface area contributed by atoms with Crippen molar-refractivity contribution in [2.24, 2.45) is 5.73 Å². The van der Waals surface area contributed by atoms with E-state index in [1.54, 1.807) is 0 Å². The average molecular weight is 242 g/mol. The third-order valence-electron chi connectivity index (χ3n) is 2.18. The lowest BCUT2D eigenvalue weighted by molar-refractivity contribution is 0.0356. The second kappa shape index (κ2) is 6.33. The highest BCUT2D eigenvalue weighted by molar-refractivity contribution is 7.80. The predicted molar refractivity (Wildman–Crippen MR) is 68.0 cm³/mol. The molecular weight excluding hydrogens is 224 g/mol. The van der Waals surface area contributed by atoms with Crippen LogP contribution in [0.2, 0.25) is 0 Å². The van der Waals surface area contributed by atoms with Gasteiger partial charge in [0.1, 0.15) is 5.60 Å².